The van der Waals surface area contributed by atoms with Crippen LogP contribution in [0.25, 0.3) is 0 Å². The Morgan fingerprint density at radius 2 is 1.08 bits per heavy atom. The van der Waals surface area contributed by atoms with Gasteiger partial charge in [-0.05, 0) is 54.6 Å². The van der Waals surface area contributed by atoms with Crippen molar-refractivity contribution < 1.29 is 0 Å². The first-order valence-electron chi connectivity index (χ1n) is 8.42. The Morgan fingerprint density at radius 3 is 1.54 bits per heavy atom. The Balaban J connectivity index is 1.78. The lowest BCUT2D eigenvalue weighted by molar-refractivity contribution is 0.718. The van der Waals surface area contributed by atoms with Crippen molar-refractivity contribution in [2.45, 2.75) is 6.17 Å². The molecule has 1 fully saturated rings. The van der Waals surface area contributed by atoms with Crippen molar-refractivity contribution >= 4 is 46.2 Å². The molecule has 0 N–H and O–H groups in total. The molecule has 0 aromatic heterocycles. The topological polar surface area (TPSA) is 6.48 Å². The lowest BCUT2D eigenvalue weighted by Crippen LogP contribution is -2.31. The van der Waals surface area contributed by atoms with E-state index in [2.05, 4.69) is 40.1 Å². The number of halogens is 3. The molecule has 0 aliphatic carbocycles. The molecule has 2 nitrogen and oxygen atoms in total. The third-order valence-corrected chi connectivity index (χ3v) is 5.52. The van der Waals surface area contributed by atoms with Crippen LogP contribution in [-0.4, -0.2) is 13.1 Å². The molecule has 0 atom stereocenters. The first-order valence-corrected chi connectivity index (χ1v) is 9.56. The van der Waals surface area contributed by atoms with Crippen LogP contribution in [0.5, 0.6) is 0 Å². The molecule has 0 unspecified atom stereocenters. The van der Waals surface area contributed by atoms with Crippen LogP contribution in [-0.2, 0) is 0 Å². The van der Waals surface area contributed by atoms with Crippen LogP contribution < -0.4 is 9.80 Å². The number of benzene rings is 3. The molecule has 0 radical (unpaired) electrons. The van der Waals surface area contributed by atoms with E-state index >= 15 is 0 Å². The van der Waals surface area contributed by atoms with E-state index in [9.17, 15) is 0 Å². The molecule has 0 saturated carbocycles. The van der Waals surface area contributed by atoms with Crippen molar-refractivity contribution in [2.24, 2.45) is 0 Å². The summed E-state index contributed by atoms with van der Waals surface area (Å²) >= 11 is 18.7. The van der Waals surface area contributed by atoms with E-state index in [-0.39, 0.29) is 6.17 Å². The summed E-state index contributed by atoms with van der Waals surface area (Å²) in [5, 5.41) is 2.23. The summed E-state index contributed by atoms with van der Waals surface area (Å²) in [6, 6.07) is 23.9. The van der Waals surface area contributed by atoms with Gasteiger partial charge in [0.2, 0.25) is 0 Å². The van der Waals surface area contributed by atoms with Crippen LogP contribution in [0, 0.1) is 0 Å². The van der Waals surface area contributed by atoms with Gasteiger partial charge < -0.3 is 9.80 Å². The van der Waals surface area contributed by atoms with Gasteiger partial charge in [-0.25, -0.2) is 0 Å². The van der Waals surface area contributed by atoms with Gasteiger partial charge in [0.05, 0.1) is 0 Å². The molecule has 0 amide bonds. The van der Waals surface area contributed by atoms with Gasteiger partial charge in [0.25, 0.3) is 0 Å². The Bertz CT molecular complexity index is 840. The fraction of sp³-hybridized carbons (Fsp3) is 0.143. The maximum absolute atomic E-state index is 6.56. The largest absolute Gasteiger partial charge is 0.346 e. The van der Waals surface area contributed by atoms with E-state index in [1.165, 1.54) is 0 Å². The van der Waals surface area contributed by atoms with E-state index in [0.717, 1.165) is 45.1 Å². The highest BCUT2D eigenvalue weighted by molar-refractivity contribution is 6.31. The minimum Gasteiger partial charge on any atom is -0.346 e. The normalized spacial score (nSPS) is 14.9. The lowest BCUT2D eigenvalue weighted by Gasteiger charge is -2.33. The maximum Gasteiger partial charge on any atom is 0.130 e. The van der Waals surface area contributed by atoms with E-state index in [1.807, 2.05) is 42.5 Å². The molecule has 1 aliphatic rings. The second-order valence-electron chi connectivity index (χ2n) is 6.23. The van der Waals surface area contributed by atoms with Crippen LogP contribution in [0.2, 0.25) is 15.1 Å². The summed E-state index contributed by atoms with van der Waals surface area (Å²) in [6.45, 7) is 1.78. The number of hydrogen-bond donors (Lipinski definition) is 0. The molecule has 3 aromatic rings. The van der Waals surface area contributed by atoms with Crippen LogP contribution in [0.4, 0.5) is 11.4 Å². The highest BCUT2D eigenvalue weighted by Crippen LogP contribution is 2.40. The molecule has 5 heteroatoms. The molecular weight excluding hydrogens is 387 g/mol. The summed E-state index contributed by atoms with van der Waals surface area (Å²) in [5.74, 6) is 0. The van der Waals surface area contributed by atoms with Crippen LogP contribution in [0.15, 0.2) is 72.8 Å². The van der Waals surface area contributed by atoms with Gasteiger partial charge in [-0.3, -0.25) is 0 Å². The minimum absolute atomic E-state index is 0.00560. The second kappa shape index (κ2) is 7.40. The van der Waals surface area contributed by atoms with Gasteiger partial charge in [-0.1, -0.05) is 53.0 Å². The quantitative estimate of drug-likeness (QED) is 0.481. The number of hydrogen-bond acceptors (Lipinski definition) is 2. The first-order chi connectivity index (χ1) is 12.6. The number of anilines is 2. The zero-order valence-electron chi connectivity index (χ0n) is 13.9. The van der Waals surface area contributed by atoms with Crippen molar-refractivity contribution in [1.82, 2.24) is 0 Å². The van der Waals surface area contributed by atoms with Crippen molar-refractivity contribution in [3.63, 3.8) is 0 Å². The molecule has 1 aliphatic heterocycles. The molecular formula is C21H17Cl3N2. The lowest BCUT2D eigenvalue weighted by atomic mass is 10.1. The fourth-order valence-corrected chi connectivity index (χ4v) is 3.94. The van der Waals surface area contributed by atoms with Crippen LogP contribution >= 0.6 is 34.8 Å². The van der Waals surface area contributed by atoms with E-state index in [4.69, 9.17) is 34.8 Å². The molecule has 0 bridgehead atoms. The summed E-state index contributed by atoms with van der Waals surface area (Å²) in [4.78, 5) is 4.71. The molecule has 26 heavy (non-hydrogen) atoms. The van der Waals surface area contributed by atoms with E-state index in [0.29, 0.717) is 0 Å². The summed E-state index contributed by atoms with van der Waals surface area (Å²) < 4.78 is 0. The highest BCUT2D eigenvalue weighted by atomic mass is 35.5. The third kappa shape index (κ3) is 3.37. The van der Waals surface area contributed by atoms with E-state index in [1.54, 1.807) is 0 Å². The SMILES string of the molecule is Clc1ccc(N2CCN(c3ccc(Cl)cc3)C2c2ccccc2Cl)cc1. The van der Waals surface area contributed by atoms with Crippen molar-refractivity contribution in [1.29, 1.82) is 0 Å². The monoisotopic (exact) mass is 402 g/mol. The molecule has 1 heterocycles. The summed E-state index contributed by atoms with van der Waals surface area (Å²) in [7, 11) is 0. The molecule has 132 valence electrons. The zero-order chi connectivity index (χ0) is 18.1. The van der Waals surface area contributed by atoms with E-state index < -0.39 is 0 Å². The fourth-order valence-electron chi connectivity index (χ4n) is 3.45. The van der Waals surface area contributed by atoms with Crippen LogP contribution in [0.3, 0.4) is 0 Å². The van der Waals surface area contributed by atoms with Gasteiger partial charge in [-0.15, -0.1) is 0 Å². The van der Waals surface area contributed by atoms with Crippen molar-refractivity contribution in [3.05, 3.63) is 93.4 Å². The molecule has 4 rings (SSSR count). The smallest absolute Gasteiger partial charge is 0.130 e. The van der Waals surface area contributed by atoms with Crippen molar-refractivity contribution in [3.8, 4) is 0 Å². The summed E-state index contributed by atoms with van der Waals surface area (Å²) in [6.07, 6.45) is 0.00560. The first kappa shape index (κ1) is 17.5. The predicted molar refractivity (Wildman–Crippen MR) is 112 cm³/mol. The van der Waals surface area contributed by atoms with Gasteiger partial charge in [0.1, 0.15) is 6.17 Å². The number of rotatable bonds is 3. The Hall–Kier alpha value is -1.87. The average Bonchev–Trinajstić information content (AvgIpc) is 3.08. The predicted octanol–water partition coefficient (Wildman–Crippen LogP) is 6.67. The van der Waals surface area contributed by atoms with Crippen molar-refractivity contribution in [2.75, 3.05) is 22.9 Å². The third-order valence-electron chi connectivity index (χ3n) is 4.67. The molecule has 0 spiro atoms. The minimum atomic E-state index is 0.00560. The molecule has 3 aromatic carbocycles. The van der Waals surface area contributed by atoms with Gasteiger partial charge >= 0.3 is 0 Å². The average molecular weight is 404 g/mol. The van der Waals surface area contributed by atoms with Gasteiger partial charge in [0.15, 0.2) is 0 Å². The van der Waals surface area contributed by atoms with Gasteiger partial charge in [0, 0.05) is 45.1 Å². The summed E-state index contributed by atoms with van der Waals surface area (Å²) in [5.41, 5.74) is 3.32. The number of nitrogens with zero attached hydrogens (tertiary/aromatic N) is 2. The zero-order valence-corrected chi connectivity index (χ0v) is 16.2. The maximum atomic E-state index is 6.56. The van der Waals surface area contributed by atoms with Gasteiger partial charge in [-0.2, -0.15) is 0 Å². The highest BCUT2D eigenvalue weighted by Gasteiger charge is 2.34. The molecule has 1 saturated heterocycles. The van der Waals surface area contributed by atoms with Crippen LogP contribution in [0.1, 0.15) is 11.7 Å². The standard InChI is InChI=1S/C21H17Cl3N2/c22-15-5-9-17(10-6-15)25-13-14-26(18-11-7-16(23)8-12-18)21(25)19-3-1-2-4-20(19)24/h1-12,21H,13-14H2. The Labute approximate surface area is 168 Å². The Kier molecular flexibility index (Phi) is 4.99. The second-order valence-corrected chi connectivity index (χ2v) is 7.51. The Morgan fingerprint density at radius 1 is 0.615 bits per heavy atom.